The van der Waals surface area contributed by atoms with E-state index in [0.29, 0.717) is 5.92 Å². The first-order valence-electron chi connectivity index (χ1n) is 10.0. The maximum Gasteiger partial charge on any atom is 0.193 e. The van der Waals surface area contributed by atoms with Crippen LogP contribution in [0.1, 0.15) is 43.7 Å². The lowest BCUT2D eigenvalue weighted by Crippen LogP contribution is -2.41. The van der Waals surface area contributed by atoms with Gasteiger partial charge in [0, 0.05) is 32.7 Å². The van der Waals surface area contributed by atoms with Crippen molar-refractivity contribution in [3.05, 3.63) is 23.7 Å². The van der Waals surface area contributed by atoms with Crippen LogP contribution in [0, 0.1) is 12.8 Å². The van der Waals surface area contributed by atoms with Crippen molar-refractivity contribution >= 4 is 5.96 Å². The summed E-state index contributed by atoms with van der Waals surface area (Å²) in [4.78, 5) is 9.90. The van der Waals surface area contributed by atoms with Gasteiger partial charge in [0.1, 0.15) is 11.5 Å². The molecule has 1 aromatic heterocycles. The number of methoxy groups -OCH3 is 1. The minimum absolute atomic E-state index is 0.234. The van der Waals surface area contributed by atoms with E-state index in [1.54, 1.807) is 7.11 Å². The van der Waals surface area contributed by atoms with Crippen LogP contribution in [-0.4, -0.2) is 68.7 Å². The maximum atomic E-state index is 5.96. The van der Waals surface area contributed by atoms with Crippen LogP contribution in [0.5, 0.6) is 0 Å². The summed E-state index contributed by atoms with van der Waals surface area (Å²) in [6.45, 7) is 10.9. The highest BCUT2D eigenvalue weighted by molar-refractivity contribution is 5.80. The molecule has 2 aliphatic rings. The van der Waals surface area contributed by atoms with Gasteiger partial charge in [-0.3, -0.25) is 9.89 Å². The lowest BCUT2D eigenvalue weighted by atomic mass is 10.1. The Kier molecular flexibility index (Phi) is 6.97. The number of hydrogen-bond acceptors (Lipinski definition) is 4. The van der Waals surface area contributed by atoms with Gasteiger partial charge < -0.3 is 19.4 Å². The molecule has 1 N–H and O–H groups in total. The van der Waals surface area contributed by atoms with E-state index in [1.807, 2.05) is 6.92 Å². The van der Waals surface area contributed by atoms with Gasteiger partial charge in [0.05, 0.1) is 19.2 Å². The highest BCUT2D eigenvalue weighted by atomic mass is 16.5. The largest absolute Gasteiger partial charge is 0.465 e. The Labute approximate surface area is 157 Å². The molecule has 0 saturated carbocycles. The SMILES string of the molecule is CCNC(=NCC(c1ccc(C)o1)N1CCCC1)N1CCC(COC)C1. The van der Waals surface area contributed by atoms with Crippen molar-refractivity contribution in [3.8, 4) is 0 Å². The minimum Gasteiger partial charge on any atom is -0.465 e. The second-order valence-electron chi connectivity index (χ2n) is 7.46. The third-order valence-corrected chi connectivity index (χ3v) is 5.41. The predicted octanol–water partition coefficient (Wildman–Crippen LogP) is 2.66. The van der Waals surface area contributed by atoms with Crippen LogP contribution in [0.15, 0.2) is 21.5 Å². The first-order valence-corrected chi connectivity index (χ1v) is 10.0. The molecule has 2 atom stereocenters. The molecule has 146 valence electrons. The van der Waals surface area contributed by atoms with Crippen LogP contribution in [0.25, 0.3) is 0 Å². The van der Waals surface area contributed by atoms with E-state index >= 15 is 0 Å². The lowest BCUT2D eigenvalue weighted by Gasteiger charge is -2.26. The van der Waals surface area contributed by atoms with E-state index in [-0.39, 0.29) is 6.04 Å². The molecule has 1 aromatic rings. The summed E-state index contributed by atoms with van der Waals surface area (Å²) in [6, 6.07) is 4.41. The molecule has 6 heteroatoms. The highest BCUT2D eigenvalue weighted by Crippen LogP contribution is 2.27. The molecular weight excluding hydrogens is 328 g/mol. The van der Waals surface area contributed by atoms with Gasteiger partial charge in [-0.15, -0.1) is 0 Å². The van der Waals surface area contributed by atoms with Gasteiger partial charge in [0.25, 0.3) is 0 Å². The Morgan fingerprint density at radius 3 is 2.81 bits per heavy atom. The first-order chi connectivity index (χ1) is 12.7. The van der Waals surface area contributed by atoms with Crippen molar-refractivity contribution in [3.63, 3.8) is 0 Å². The molecule has 3 rings (SSSR count). The summed E-state index contributed by atoms with van der Waals surface area (Å²) in [5.74, 6) is 3.65. The highest BCUT2D eigenvalue weighted by Gasteiger charge is 2.28. The van der Waals surface area contributed by atoms with Crippen molar-refractivity contribution in [2.75, 3.05) is 53.0 Å². The van der Waals surface area contributed by atoms with Gasteiger partial charge in [-0.25, -0.2) is 0 Å². The van der Waals surface area contributed by atoms with Gasteiger partial charge in [-0.05, 0) is 58.3 Å². The summed E-state index contributed by atoms with van der Waals surface area (Å²) in [5, 5.41) is 3.48. The number of rotatable bonds is 7. The van der Waals surface area contributed by atoms with Crippen LogP contribution in [0.3, 0.4) is 0 Å². The van der Waals surface area contributed by atoms with Crippen LogP contribution in [0.2, 0.25) is 0 Å². The molecule has 26 heavy (non-hydrogen) atoms. The van der Waals surface area contributed by atoms with Gasteiger partial charge in [-0.2, -0.15) is 0 Å². The average Bonchev–Trinajstić information content (AvgIpc) is 3.37. The fourth-order valence-corrected chi connectivity index (χ4v) is 4.07. The molecule has 2 aliphatic heterocycles. The summed E-state index contributed by atoms with van der Waals surface area (Å²) in [6.07, 6.45) is 3.71. The Bertz CT molecular complexity index is 580. The molecule has 0 spiro atoms. The van der Waals surface area contributed by atoms with Crippen molar-refractivity contribution in [1.29, 1.82) is 0 Å². The van der Waals surface area contributed by atoms with Crippen LogP contribution in [0.4, 0.5) is 0 Å². The molecule has 2 unspecified atom stereocenters. The third-order valence-electron chi connectivity index (χ3n) is 5.41. The predicted molar refractivity (Wildman–Crippen MR) is 105 cm³/mol. The minimum atomic E-state index is 0.234. The number of aryl methyl sites for hydroxylation is 1. The second kappa shape index (κ2) is 9.42. The molecule has 6 nitrogen and oxygen atoms in total. The standard InChI is InChI=1S/C20H34N4O2/c1-4-21-20(24-12-9-17(14-24)15-25-3)22-13-18(23-10-5-6-11-23)19-8-7-16(2)26-19/h7-8,17-18H,4-6,9-15H2,1-3H3,(H,21,22). The number of likely N-dealkylation sites (tertiary alicyclic amines) is 2. The quantitative estimate of drug-likeness (QED) is 0.597. The zero-order valence-corrected chi connectivity index (χ0v) is 16.5. The van der Waals surface area contributed by atoms with Crippen molar-refractivity contribution in [1.82, 2.24) is 15.1 Å². The second-order valence-corrected chi connectivity index (χ2v) is 7.46. The smallest absolute Gasteiger partial charge is 0.193 e. The van der Waals surface area contributed by atoms with E-state index in [0.717, 1.165) is 63.4 Å². The molecular formula is C20H34N4O2. The van der Waals surface area contributed by atoms with Crippen molar-refractivity contribution in [2.24, 2.45) is 10.9 Å². The fourth-order valence-electron chi connectivity index (χ4n) is 4.07. The van der Waals surface area contributed by atoms with E-state index < -0.39 is 0 Å². The molecule has 2 fully saturated rings. The molecule has 2 saturated heterocycles. The fraction of sp³-hybridized carbons (Fsp3) is 0.750. The number of guanidine groups is 1. The zero-order chi connectivity index (χ0) is 18.4. The molecule has 0 amide bonds. The van der Waals surface area contributed by atoms with Gasteiger partial charge in [0.15, 0.2) is 5.96 Å². The summed E-state index contributed by atoms with van der Waals surface area (Å²) >= 11 is 0. The Balaban J connectivity index is 1.71. The zero-order valence-electron chi connectivity index (χ0n) is 16.5. The van der Waals surface area contributed by atoms with E-state index in [1.165, 1.54) is 19.3 Å². The third kappa shape index (κ3) is 4.80. The normalized spacial score (nSPS) is 23.0. The van der Waals surface area contributed by atoms with Gasteiger partial charge in [0.2, 0.25) is 0 Å². The Morgan fingerprint density at radius 1 is 1.35 bits per heavy atom. The molecule has 3 heterocycles. The summed E-state index contributed by atoms with van der Waals surface area (Å²) in [7, 11) is 1.79. The van der Waals surface area contributed by atoms with E-state index in [4.69, 9.17) is 14.1 Å². The molecule has 0 bridgehead atoms. The molecule has 0 radical (unpaired) electrons. The monoisotopic (exact) mass is 362 g/mol. The van der Waals surface area contributed by atoms with Gasteiger partial charge in [-0.1, -0.05) is 0 Å². The van der Waals surface area contributed by atoms with Crippen LogP contribution < -0.4 is 5.32 Å². The lowest BCUT2D eigenvalue weighted by molar-refractivity contribution is 0.157. The van der Waals surface area contributed by atoms with Crippen molar-refractivity contribution in [2.45, 2.75) is 39.2 Å². The number of hydrogen-bond donors (Lipinski definition) is 1. The van der Waals surface area contributed by atoms with E-state index in [9.17, 15) is 0 Å². The summed E-state index contributed by atoms with van der Waals surface area (Å²) < 4.78 is 11.3. The Morgan fingerprint density at radius 2 is 2.15 bits per heavy atom. The van der Waals surface area contributed by atoms with Crippen LogP contribution >= 0.6 is 0 Å². The summed E-state index contributed by atoms with van der Waals surface area (Å²) in [5.41, 5.74) is 0. The van der Waals surface area contributed by atoms with Crippen LogP contribution in [-0.2, 0) is 4.74 Å². The number of aliphatic imine (C=N–C) groups is 1. The Hall–Kier alpha value is -1.53. The number of ether oxygens (including phenoxy) is 1. The molecule has 0 aliphatic carbocycles. The first kappa shape index (κ1) is 19.2. The average molecular weight is 363 g/mol. The van der Waals surface area contributed by atoms with Crippen molar-refractivity contribution < 1.29 is 9.15 Å². The number of furan rings is 1. The topological polar surface area (TPSA) is 53.2 Å². The number of nitrogens with zero attached hydrogens (tertiary/aromatic N) is 3. The number of nitrogens with one attached hydrogen (secondary N) is 1. The van der Waals surface area contributed by atoms with Gasteiger partial charge >= 0.3 is 0 Å². The maximum absolute atomic E-state index is 5.96. The van der Waals surface area contributed by atoms with E-state index in [2.05, 4.69) is 34.2 Å². The molecule has 0 aromatic carbocycles.